The molecule has 7 heteroatoms. The summed E-state index contributed by atoms with van der Waals surface area (Å²) in [5, 5.41) is 0.435. The van der Waals surface area contributed by atoms with Crippen molar-refractivity contribution in [2.24, 2.45) is 0 Å². The second-order valence-corrected chi connectivity index (χ2v) is 10.2. The second-order valence-electron chi connectivity index (χ2n) is 8.77. The van der Waals surface area contributed by atoms with Gasteiger partial charge in [-0.05, 0) is 71.2 Å². The predicted octanol–water partition coefficient (Wildman–Crippen LogP) is 5.88. The minimum Gasteiger partial charge on any atom is -0.460 e. The average molecular weight is 438 g/mol. The van der Waals surface area contributed by atoms with Crippen molar-refractivity contribution in [3.05, 3.63) is 39.7 Å². The third kappa shape index (κ3) is 6.75. The highest BCUT2D eigenvalue weighted by molar-refractivity contribution is 7.18. The van der Waals surface area contributed by atoms with Gasteiger partial charge in [0.2, 0.25) is 0 Å². The van der Waals surface area contributed by atoms with Crippen LogP contribution in [0.4, 0.5) is 5.69 Å². The van der Waals surface area contributed by atoms with Crippen molar-refractivity contribution in [3.63, 3.8) is 0 Å². The molecule has 0 aliphatic carbocycles. The number of halogens is 1. The van der Waals surface area contributed by atoms with Gasteiger partial charge in [-0.25, -0.2) is 4.79 Å². The fraction of sp³-hybridized carbons (Fsp3) is 0.455. The molecule has 1 heterocycles. The van der Waals surface area contributed by atoms with E-state index in [0.29, 0.717) is 21.2 Å². The molecule has 0 atom stereocenters. The van der Waals surface area contributed by atoms with Gasteiger partial charge in [0, 0.05) is 12.1 Å². The van der Waals surface area contributed by atoms with Crippen LogP contribution in [0.2, 0.25) is 5.02 Å². The highest BCUT2D eigenvalue weighted by Gasteiger charge is 2.27. The first-order valence-corrected chi connectivity index (χ1v) is 10.6. The van der Waals surface area contributed by atoms with Crippen LogP contribution in [-0.2, 0) is 20.7 Å². The number of carbonyl (C=O) groups is 2. The van der Waals surface area contributed by atoms with Crippen molar-refractivity contribution >= 4 is 40.6 Å². The lowest BCUT2D eigenvalue weighted by atomic mass is 10.1. The highest BCUT2D eigenvalue weighted by Crippen LogP contribution is 2.42. The number of carbonyl (C=O) groups excluding carboxylic acids is 2. The van der Waals surface area contributed by atoms with E-state index in [0.717, 1.165) is 10.4 Å². The molecule has 2 N–H and O–H groups in total. The monoisotopic (exact) mass is 437 g/mol. The van der Waals surface area contributed by atoms with Crippen LogP contribution in [0, 0.1) is 0 Å². The summed E-state index contributed by atoms with van der Waals surface area (Å²) >= 11 is 7.91. The van der Waals surface area contributed by atoms with Gasteiger partial charge in [0.1, 0.15) is 16.1 Å². The number of benzene rings is 1. The smallest absolute Gasteiger partial charge is 0.349 e. The number of esters is 2. The largest absolute Gasteiger partial charge is 0.460 e. The number of hydrogen-bond acceptors (Lipinski definition) is 6. The van der Waals surface area contributed by atoms with Crippen LogP contribution in [0.1, 0.15) is 63.2 Å². The van der Waals surface area contributed by atoms with Crippen molar-refractivity contribution in [1.82, 2.24) is 0 Å². The van der Waals surface area contributed by atoms with E-state index in [4.69, 9.17) is 26.8 Å². The molecule has 2 aromatic rings. The zero-order valence-electron chi connectivity index (χ0n) is 17.7. The van der Waals surface area contributed by atoms with Crippen molar-refractivity contribution in [2.75, 3.05) is 5.73 Å². The quantitative estimate of drug-likeness (QED) is 0.466. The van der Waals surface area contributed by atoms with Gasteiger partial charge < -0.3 is 15.2 Å². The Morgan fingerprint density at radius 3 is 2.24 bits per heavy atom. The van der Waals surface area contributed by atoms with E-state index in [1.54, 1.807) is 32.9 Å². The van der Waals surface area contributed by atoms with Crippen LogP contribution in [0.3, 0.4) is 0 Å². The first-order chi connectivity index (χ1) is 13.3. The van der Waals surface area contributed by atoms with Crippen LogP contribution < -0.4 is 5.73 Å². The Morgan fingerprint density at radius 1 is 1.07 bits per heavy atom. The first kappa shape index (κ1) is 23.2. The maximum Gasteiger partial charge on any atom is 0.349 e. The van der Waals surface area contributed by atoms with Crippen LogP contribution >= 0.6 is 22.9 Å². The molecule has 29 heavy (non-hydrogen) atoms. The van der Waals surface area contributed by atoms with Gasteiger partial charge >= 0.3 is 11.9 Å². The van der Waals surface area contributed by atoms with Crippen LogP contribution in [0.5, 0.6) is 0 Å². The molecule has 0 bridgehead atoms. The number of nitrogens with two attached hydrogens (primary N) is 1. The van der Waals surface area contributed by atoms with Crippen molar-refractivity contribution in [2.45, 2.75) is 65.6 Å². The molecule has 0 unspecified atom stereocenters. The Hall–Kier alpha value is -2.05. The normalized spacial score (nSPS) is 12.0. The lowest BCUT2D eigenvalue weighted by Crippen LogP contribution is -2.25. The maximum absolute atomic E-state index is 12.8. The van der Waals surface area contributed by atoms with Gasteiger partial charge in [-0.3, -0.25) is 4.79 Å². The third-order valence-corrected chi connectivity index (χ3v) is 5.47. The molecular formula is C22H28ClNO4S. The molecule has 0 saturated heterocycles. The molecule has 5 nitrogen and oxygen atoms in total. The average Bonchev–Trinajstić information content (AvgIpc) is 2.86. The minimum absolute atomic E-state index is 0.111. The summed E-state index contributed by atoms with van der Waals surface area (Å²) in [5.41, 5.74) is 6.68. The third-order valence-electron chi connectivity index (χ3n) is 3.67. The summed E-state index contributed by atoms with van der Waals surface area (Å²) in [6, 6.07) is 7.29. The SMILES string of the molecule is CC(C)(C)OC(=O)CCc1c(C(=O)OC(C)(C)C)sc(-c2cccc(N)c2)c1Cl. The Labute approximate surface area is 181 Å². The summed E-state index contributed by atoms with van der Waals surface area (Å²) < 4.78 is 10.9. The Bertz CT molecular complexity index is 907. The van der Waals surface area contributed by atoms with Crippen molar-refractivity contribution in [1.29, 1.82) is 0 Å². The molecule has 0 amide bonds. The number of rotatable bonds is 5. The highest BCUT2D eigenvalue weighted by atomic mass is 35.5. The zero-order valence-corrected chi connectivity index (χ0v) is 19.3. The fourth-order valence-electron chi connectivity index (χ4n) is 2.64. The van der Waals surface area contributed by atoms with Gasteiger partial charge in [-0.2, -0.15) is 0 Å². The Balaban J connectivity index is 2.41. The zero-order chi connectivity index (χ0) is 22.0. The molecule has 0 fully saturated rings. The Morgan fingerprint density at radius 2 is 1.69 bits per heavy atom. The molecule has 1 aromatic heterocycles. The molecule has 0 radical (unpaired) electrons. The number of nitrogen functional groups attached to an aromatic ring is 1. The lowest BCUT2D eigenvalue weighted by Gasteiger charge is -2.20. The summed E-state index contributed by atoms with van der Waals surface area (Å²) in [6.45, 7) is 10.9. The van der Waals surface area contributed by atoms with Gasteiger partial charge in [0.25, 0.3) is 0 Å². The van der Waals surface area contributed by atoms with Crippen molar-refractivity contribution in [3.8, 4) is 10.4 Å². The van der Waals surface area contributed by atoms with E-state index < -0.39 is 17.2 Å². The van der Waals surface area contributed by atoms with Crippen LogP contribution in [0.15, 0.2) is 24.3 Å². The van der Waals surface area contributed by atoms with E-state index in [-0.39, 0.29) is 18.8 Å². The van der Waals surface area contributed by atoms with Crippen LogP contribution in [-0.4, -0.2) is 23.1 Å². The first-order valence-electron chi connectivity index (χ1n) is 9.39. The predicted molar refractivity (Wildman–Crippen MR) is 119 cm³/mol. The molecule has 2 rings (SSSR count). The summed E-state index contributed by atoms with van der Waals surface area (Å²) in [5.74, 6) is -0.806. The van der Waals surface area contributed by atoms with Crippen LogP contribution in [0.25, 0.3) is 10.4 Å². The molecule has 0 spiro atoms. The fourth-order valence-corrected chi connectivity index (χ4v) is 4.23. The van der Waals surface area contributed by atoms with Gasteiger partial charge in [-0.15, -0.1) is 11.3 Å². The number of anilines is 1. The van der Waals surface area contributed by atoms with Crippen molar-refractivity contribution < 1.29 is 19.1 Å². The molecular weight excluding hydrogens is 410 g/mol. The Kier molecular flexibility index (Phi) is 7.01. The number of thiophene rings is 1. The summed E-state index contributed by atoms with van der Waals surface area (Å²) in [4.78, 5) is 26.1. The van der Waals surface area contributed by atoms with Gasteiger partial charge in [0.15, 0.2) is 0 Å². The maximum atomic E-state index is 12.8. The second kappa shape index (κ2) is 8.76. The molecule has 0 aliphatic heterocycles. The van der Waals surface area contributed by atoms with E-state index in [1.807, 2.05) is 32.9 Å². The van der Waals surface area contributed by atoms with E-state index >= 15 is 0 Å². The van der Waals surface area contributed by atoms with E-state index in [9.17, 15) is 9.59 Å². The lowest BCUT2D eigenvalue weighted by molar-refractivity contribution is -0.154. The molecule has 1 aromatic carbocycles. The molecule has 0 saturated carbocycles. The number of hydrogen-bond donors (Lipinski definition) is 1. The van der Waals surface area contributed by atoms with E-state index in [2.05, 4.69) is 0 Å². The van der Waals surface area contributed by atoms with Gasteiger partial charge in [-0.1, -0.05) is 23.7 Å². The standard InChI is InChI=1S/C22H28ClNO4S/c1-21(2,3)27-16(25)11-10-15-17(23)18(13-8-7-9-14(24)12-13)29-19(15)20(26)28-22(4,5)6/h7-9,12H,10-11,24H2,1-6H3. The van der Waals surface area contributed by atoms with Gasteiger partial charge in [0.05, 0.1) is 9.90 Å². The molecule has 0 aliphatic rings. The number of ether oxygens (including phenoxy) is 2. The topological polar surface area (TPSA) is 78.6 Å². The molecule has 158 valence electrons. The summed E-state index contributed by atoms with van der Waals surface area (Å²) in [6.07, 6.45) is 0.390. The minimum atomic E-state index is -0.646. The van der Waals surface area contributed by atoms with E-state index in [1.165, 1.54) is 11.3 Å². The summed E-state index contributed by atoms with van der Waals surface area (Å²) in [7, 11) is 0.